The molecule has 0 radical (unpaired) electrons. The molecule has 0 aromatic heterocycles. The molecular weight excluding hydrogens is 136 g/mol. The Morgan fingerprint density at radius 2 is 2.55 bits per heavy atom. The molecule has 1 aliphatic carbocycles. The van der Waals surface area contributed by atoms with Crippen LogP contribution in [-0.2, 0) is 0 Å². The van der Waals surface area contributed by atoms with Crippen LogP contribution in [0.5, 0.6) is 0 Å². The summed E-state index contributed by atoms with van der Waals surface area (Å²) in [7, 11) is 0. The molecule has 1 nitrogen and oxygen atoms in total. The van der Waals surface area contributed by atoms with Crippen LogP contribution in [0.15, 0.2) is 24.3 Å². The van der Waals surface area contributed by atoms with Crippen molar-refractivity contribution in [1.82, 2.24) is 0 Å². The van der Waals surface area contributed by atoms with Crippen molar-refractivity contribution in [2.45, 2.75) is 32.3 Å². The second-order valence-corrected chi connectivity index (χ2v) is 3.32. The van der Waals surface area contributed by atoms with E-state index in [2.05, 4.69) is 13.5 Å². The molecule has 0 aromatic rings. The molecule has 0 heterocycles. The highest BCUT2D eigenvalue weighted by Gasteiger charge is 2.17. The molecule has 0 saturated heterocycles. The first-order valence-corrected chi connectivity index (χ1v) is 4.22. The lowest BCUT2D eigenvalue weighted by Crippen LogP contribution is -2.19. The van der Waals surface area contributed by atoms with Crippen LogP contribution in [0.4, 0.5) is 0 Å². The Bertz CT molecular complexity index is 170. The Hall–Kier alpha value is -0.560. The molecule has 0 bridgehead atoms. The van der Waals surface area contributed by atoms with Gasteiger partial charge in [-0.2, -0.15) is 0 Å². The zero-order chi connectivity index (χ0) is 8.27. The van der Waals surface area contributed by atoms with E-state index in [0.717, 1.165) is 19.3 Å². The molecule has 62 valence electrons. The zero-order valence-corrected chi connectivity index (χ0v) is 7.09. The average molecular weight is 152 g/mol. The standard InChI is InChI=1S/C10H16O/c1-3-4-9-6-5-8(2)10(11)7-9/h3,7-8,10-11H,1,4-6H2,2H3/t8-,10-/m0/s1. The van der Waals surface area contributed by atoms with E-state index in [0.29, 0.717) is 5.92 Å². The first-order valence-electron chi connectivity index (χ1n) is 4.22. The van der Waals surface area contributed by atoms with Crippen LogP contribution in [0.2, 0.25) is 0 Å². The Labute approximate surface area is 68.4 Å². The fourth-order valence-corrected chi connectivity index (χ4v) is 1.43. The highest BCUT2D eigenvalue weighted by atomic mass is 16.3. The van der Waals surface area contributed by atoms with E-state index in [4.69, 9.17) is 0 Å². The van der Waals surface area contributed by atoms with Gasteiger partial charge in [-0.05, 0) is 25.2 Å². The molecule has 0 fully saturated rings. The third-order valence-electron chi connectivity index (χ3n) is 2.32. The van der Waals surface area contributed by atoms with Crippen molar-refractivity contribution >= 4 is 0 Å². The zero-order valence-electron chi connectivity index (χ0n) is 7.09. The van der Waals surface area contributed by atoms with Crippen LogP contribution < -0.4 is 0 Å². The third-order valence-corrected chi connectivity index (χ3v) is 2.32. The molecule has 0 spiro atoms. The lowest BCUT2D eigenvalue weighted by atomic mass is 9.87. The Balaban J connectivity index is 2.55. The van der Waals surface area contributed by atoms with Gasteiger partial charge in [0.25, 0.3) is 0 Å². The summed E-state index contributed by atoms with van der Waals surface area (Å²) in [6.45, 7) is 5.77. The van der Waals surface area contributed by atoms with Gasteiger partial charge in [0.15, 0.2) is 0 Å². The van der Waals surface area contributed by atoms with E-state index in [-0.39, 0.29) is 6.10 Å². The van der Waals surface area contributed by atoms with Crippen LogP contribution in [0, 0.1) is 5.92 Å². The molecular formula is C10H16O. The lowest BCUT2D eigenvalue weighted by Gasteiger charge is -2.22. The molecule has 11 heavy (non-hydrogen) atoms. The minimum Gasteiger partial charge on any atom is -0.389 e. The molecule has 0 aromatic carbocycles. The van der Waals surface area contributed by atoms with Crippen molar-refractivity contribution in [1.29, 1.82) is 0 Å². The maximum atomic E-state index is 9.46. The first-order chi connectivity index (χ1) is 5.24. The van der Waals surface area contributed by atoms with Crippen LogP contribution in [0.1, 0.15) is 26.2 Å². The maximum Gasteiger partial charge on any atom is 0.0749 e. The summed E-state index contributed by atoms with van der Waals surface area (Å²) in [5, 5.41) is 9.46. The Morgan fingerprint density at radius 3 is 3.09 bits per heavy atom. The van der Waals surface area contributed by atoms with Crippen molar-refractivity contribution in [2.24, 2.45) is 5.92 Å². The van der Waals surface area contributed by atoms with E-state index in [1.807, 2.05) is 12.2 Å². The number of hydrogen-bond acceptors (Lipinski definition) is 1. The monoisotopic (exact) mass is 152 g/mol. The van der Waals surface area contributed by atoms with E-state index in [1.54, 1.807) is 0 Å². The van der Waals surface area contributed by atoms with Crippen molar-refractivity contribution in [3.05, 3.63) is 24.3 Å². The summed E-state index contributed by atoms with van der Waals surface area (Å²) in [5.41, 5.74) is 1.34. The normalized spacial score (nSPS) is 31.3. The molecule has 1 rings (SSSR count). The largest absolute Gasteiger partial charge is 0.389 e. The second kappa shape index (κ2) is 3.72. The van der Waals surface area contributed by atoms with Crippen LogP contribution in [0.25, 0.3) is 0 Å². The number of rotatable bonds is 2. The number of aliphatic hydroxyl groups excluding tert-OH is 1. The van der Waals surface area contributed by atoms with Gasteiger partial charge >= 0.3 is 0 Å². The SMILES string of the molecule is C=CCC1=C[C@H](O)[C@@H](C)CC1. The Kier molecular flexibility index (Phi) is 2.89. The fraction of sp³-hybridized carbons (Fsp3) is 0.600. The van der Waals surface area contributed by atoms with Gasteiger partial charge in [0.2, 0.25) is 0 Å². The van der Waals surface area contributed by atoms with Crippen LogP contribution in [-0.4, -0.2) is 11.2 Å². The van der Waals surface area contributed by atoms with Gasteiger partial charge in [0, 0.05) is 0 Å². The van der Waals surface area contributed by atoms with E-state index in [9.17, 15) is 5.11 Å². The van der Waals surface area contributed by atoms with E-state index < -0.39 is 0 Å². The lowest BCUT2D eigenvalue weighted by molar-refractivity contribution is 0.148. The van der Waals surface area contributed by atoms with Gasteiger partial charge in [0.05, 0.1) is 6.10 Å². The van der Waals surface area contributed by atoms with Gasteiger partial charge < -0.3 is 5.11 Å². The number of hydrogen-bond donors (Lipinski definition) is 1. The summed E-state index contributed by atoms with van der Waals surface area (Å²) in [5.74, 6) is 0.434. The van der Waals surface area contributed by atoms with E-state index in [1.165, 1.54) is 5.57 Å². The average Bonchev–Trinajstić information content (AvgIpc) is 1.98. The minimum absolute atomic E-state index is 0.223. The van der Waals surface area contributed by atoms with Crippen molar-refractivity contribution in [3.8, 4) is 0 Å². The Morgan fingerprint density at radius 1 is 1.82 bits per heavy atom. The van der Waals surface area contributed by atoms with Gasteiger partial charge in [-0.15, -0.1) is 6.58 Å². The maximum absolute atomic E-state index is 9.46. The van der Waals surface area contributed by atoms with Gasteiger partial charge in [0.1, 0.15) is 0 Å². The number of aliphatic hydroxyl groups is 1. The van der Waals surface area contributed by atoms with Crippen molar-refractivity contribution in [3.63, 3.8) is 0 Å². The molecule has 1 heteroatoms. The van der Waals surface area contributed by atoms with Crippen molar-refractivity contribution < 1.29 is 5.11 Å². The molecule has 1 N–H and O–H groups in total. The highest BCUT2D eigenvalue weighted by molar-refractivity contribution is 5.12. The van der Waals surface area contributed by atoms with Crippen LogP contribution >= 0.6 is 0 Å². The molecule has 1 aliphatic rings. The van der Waals surface area contributed by atoms with Gasteiger partial charge in [-0.3, -0.25) is 0 Å². The molecule has 0 amide bonds. The summed E-state index contributed by atoms with van der Waals surface area (Å²) < 4.78 is 0. The molecule has 0 aliphatic heterocycles. The smallest absolute Gasteiger partial charge is 0.0749 e. The van der Waals surface area contributed by atoms with E-state index >= 15 is 0 Å². The highest BCUT2D eigenvalue weighted by Crippen LogP contribution is 2.25. The van der Waals surface area contributed by atoms with Gasteiger partial charge in [-0.25, -0.2) is 0 Å². The van der Waals surface area contributed by atoms with Crippen LogP contribution in [0.3, 0.4) is 0 Å². The quantitative estimate of drug-likeness (QED) is 0.602. The minimum atomic E-state index is -0.223. The van der Waals surface area contributed by atoms with Gasteiger partial charge in [-0.1, -0.05) is 24.6 Å². The predicted molar refractivity (Wildman–Crippen MR) is 47.3 cm³/mol. The third kappa shape index (κ3) is 2.19. The summed E-state index contributed by atoms with van der Waals surface area (Å²) in [6.07, 6.45) is 6.83. The predicted octanol–water partition coefficient (Wildman–Crippen LogP) is 2.28. The van der Waals surface area contributed by atoms with Crippen molar-refractivity contribution in [2.75, 3.05) is 0 Å². The molecule has 0 unspecified atom stereocenters. The second-order valence-electron chi connectivity index (χ2n) is 3.32. The molecule has 0 saturated carbocycles. The summed E-state index contributed by atoms with van der Waals surface area (Å²) in [4.78, 5) is 0. The summed E-state index contributed by atoms with van der Waals surface area (Å²) >= 11 is 0. The molecule has 2 atom stereocenters. The summed E-state index contributed by atoms with van der Waals surface area (Å²) in [6, 6.07) is 0. The fourth-order valence-electron chi connectivity index (χ4n) is 1.43. The first kappa shape index (κ1) is 8.54. The number of allylic oxidation sites excluding steroid dienone is 2. The topological polar surface area (TPSA) is 20.2 Å².